The minimum atomic E-state index is -1.22. The zero-order valence-corrected chi connectivity index (χ0v) is 24.7. The molecule has 1 amide bonds. The molecule has 1 unspecified atom stereocenters. The smallest absolute Gasteiger partial charge is 0.330 e. The fraction of sp³-hybridized carbons (Fsp3) is 0.353. The van der Waals surface area contributed by atoms with Gasteiger partial charge in [0.1, 0.15) is 5.75 Å². The lowest BCUT2D eigenvalue weighted by molar-refractivity contribution is -0.139. The first kappa shape index (κ1) is 30.5. The van der Waals surface area contributed by atoms with Crippen LogP contribution >= 0.6 is 0 Å². The molecule has 0 saturated heterocycles. The number of aliphatic carboxylic acids is 1. The molecule has 1 atom stereocenters. The van der Waals surface area contributed by atoms with Crippen LogP contribution in [0.15, 0.2) is 77.3 Å². The van der Waals surface area contributed by atoms with E-state index in [2.05, 4.69) is 43.2 Å². The quantitative estimate of drug-likeness (QED) is 0.159. The van der Waals surface area contributed by atoms with Crippen molar-refractivity contribution < 1.29 is 24.0 Å². The molecule has 4 rings (SSSR count). The Hall–Kier alpha value is -4.46. The summed E-state index contributed by atoms with van der Waals surface area (Å²) < 4.78 is 11.3. The maximum atomic E-state index is 12.8. The van der Waals surface area contributed by atoms with Gasteiger partial charge in [-0.05, 0) is 59.4 Å². The molecule has 0 radical (unpaired) electrons. The summed E-state index contributed by atoms with van der Waals surface area (Å²) in [6.45, 7) is 9.17. The predicted molar refractivity (Wildman–Crippen MR) is 162 cm³/mol. The molecule has 0 bridgehead atoms. The molecule has 2 N–H and O–H groups in total. The minimum absolute atomic E-state index is 0.0493. The summed E-state index contributed by atoms with van der Waals surface area (Å²) in [6, 6.07) is 20.2. The van der Waals surface area contributed by atoms with Crippen molar-refractivity contribution in [2.45, 2.75) is 71.3 Å². The number of unbranched alkanes of at least 4 members (excludes halogenated alkanes) is 4. The molecule has 220 valence electrons. The highest BCUT2D eigenvalue weighted by Gasteiger charge is 2.24. The lowest BCUT2D eigenvalue weighted by Gasteiger charge is -2.19. The molecule has 0 saturated carbocycles. The zero-order valence-electron chi connectivity index (χ0n) is 24.7. The second kappa shape index (κ2) is 13.9. The van der Waals surface area contributed by atoms with E-state index in [-0.39, 0.29) is 5.41 Å². The molecule has 42 heavy (non-hydrogen) atoms. The monoisotopic (exact) mass is 569 g/mol. The number of aromatic nitrogens is 2. The number of hydrogen-bond donors (Lipinski definition) is 2. The largest absolute Gasteiger partial charge is 0.494 e. The van der Waals surface area contributed by atoms with Crippen LogP contribution in [0, 0.1) is 0 Å². The van der Waals surface area contributed by atoms with Crippen LogP contribution in [0.3, 0.4) is 0 Å². The van der Waals surface area contributed by atoms with Gasteiger partial charge in [0.15, 0.2) is 6.04 Å². The molecule has 1 heterocycles. The first-order valence-corrected chi connectivity index (χ1v) is 14.5. The highest BCUT2D eigenvalue weighted by atomic mass is 16.5. The number of amides is 1. The number of carboxylic acids is 1. The van der Waals surface area contributed by atoms with Gasteiger partial charge >= 0.3 is 5.97 Å². The first-order chi connectivity index (χ1) is 20.2. The van der Waals surface area contributed by atoms with E-state index in [1.165, 1.54) is 25.7 Å². The van der Waals surface area contributed by atoms with Crippen LogP contribution in [-0.4, -0.2) is 33.7 Å². The van der Waals surface area contributed by atoms with Gasteiger partial charge in [0, 0.05) is 16.7 Å². The lowest BCUT2D eigenvalue weighted by Crippen LogP contribution is -2.33. The van der Waals surface area contributed by atoms with Crippen molar-refractivity contribution in [3.05, 3.63) is 89.5 Å². The average molecular weight is 570 g/mol. The minimum Gasteiger partial charge on any atom is -0.494 e. The topological polar surface area (TPSA) is 115 Å². The molecule has 4 aromatic rings. The number of ether oxygens (including phenoxy) is 1. The van der Waals surface area contributed by atoms with E-state index in [4.69, 9.17) is 9.26 Å². The molecule has 3 aromatic carbocycles. The zero-order chi connectivity index (χ0) is 30.1. The molecular formula is C34H39N3O5. The standard InChI is InChI=1S/C34H39N3O5/c1-5-6-7-8-9-22-41-28-20-16-26(17-21-28)32-36-30(37-42-32)24-12-10-23(11-13-24)29(33(39)40)35-31(38)25-14-18-27(19-15-25)34(2,3)4/h10-21,29H,5-9,22H2,1-4H3,(H,35,38)(H,39,40). The third-order valence-electron chi connectivity index (χ3n) is 7.08. The summed E-state index contributed by atoms with van der Waals surface area (Å²) in [5, 5.41) is 16.5. The van der Waals surface area contributed by atoms with E-state index < -0.39 is 17.9 Å². The van der Waals surface area contributed by atoms with Crippen LogP contribution in [0.5, 0.6) is 5.75 Å². The highest BCUT2D eigenvalue weighted by molar-refractivity contribution is 5.96. The Kier molecular flexibility index (Phi) is 10.1. The number of carboxylic acid groups (broad SMARTS) is 1. The van der Waals surface area contributed by atoms with Crippen LogP contribution in [0.1, 0.15) is 87.3 Å². The van der Waals surface area contributed by atoms with Crippen molar-refractivity contribution in [2.75, 3.05) is 6.61 Å². The second-order valence-electron chi connectivity index (χ2n) is 11.4. The molecule has 0 aliphatic carbocycles. The van der Waals surface area contributed by atoms with E-state index in [1.54, 1.807) is 36.4 Å². The van der Waals surface area contributed by atoms with Gasteiger partial charge in [-0.3, -0.25) is 4.79 Å². The Morgan fingerprint density at radius 3 is 2.14 bits per heavy atom. The van der Waals surface area contributed by atoms with Gasteiger partial charge in [0.05, 0.1) is 6.61 Å². The van der Waals surface area contributed by atoms with E-state index in [1.807, 2.05) is 36.4 Å². The molecule has 1 aromatic heterocycles. The van der Waals surface area contributed by atoms with Crippen molar-refractivity contribution >= 4 is 11.9 Å². The fourth-order valence-electron chi connectivity index (χ4n) is 4.50. The molecule has 8 heteroatoms. The Bertz CT molecular complexity index is 1450. The van der Waals surface area contributed by atoms with Crippen LogP contribution in [-0.2, 0) is 10.2 Å². The van der Waals surface area contributed by atoms with Gasteiger partial charge in [0.25, 0.3) is 11.8 Å². The number of benzene rings is 3. The lowest BCUT2D eigenvalue weighted by atomic mass is 9.86. The van der Waals surface area contributed by atoms with Crippen LogP contribution in [0.2, 0.25) is 0 Å². The Morgan fingerprint density at radius 1 is 0.881 bits per heavy atom. The fourth-order valence-corrected chi connectivity index (χ4v) is 4.50. The van der Waals surface area contributed by atoms with Crippen LogP contribution in [0.4, 0.5) is 0 Å². The van der Waals surface area contributed by atoms with E-state index in [9.17, 15) is 14.7 Å². The van der Waals surface area contributed by atoms with Gasteiger partial charge < -0.3 is 19.7 Å². The maximum Gasteiger partial charge on any atom is 0.330 e. The van der Waals surface area contributed by atoms with E-state index in [0.717, 1.165) is 23.3 Å². The molecule has 8 nitrogen and oxygen atoms in total. The number of nitrogens with zero attached hydrogens (tertiary/aromatic N) is 2. The Labute approximate surface area is 247 Å². The Morgan fingerprint density at radius 2 is 1.52 bits per heavy atom. The maximum absolute atomic E-state index is 12.8. The highest BCUT2D eigenvalue weighted by Crippen LogP contribution is 2.26. The number of hydrogen-bond acceptors (Lipinski definition) is 6. The van der Waals surface area contributed by atoms with Gasteiger partial charge in [-0.1, -0.05) is 94.9 Å². The van der Waals surface area contributed by atoms with Gasteiger partial charge in [-0.15, -0.1) is 0 Å². The normalized spacial score (nSPS) is 12.1. The third-order valence-corrected chi connectivity index (χ3v) is 7.08. The van der Waals surface area contributed by atoms with Crippen LogP contribution < -0.4 is 10.1 Å². The molecule has 0 aliphatic rings. The second-order valence-corrected chi connectivity index (χ2v) is 11.4. The summed E-state index contributed by atoms with van der Waals surface area (Å²) in [5.41, 5.74) is 3.29. The van der Waals surface area contributed by atoms with Crippen molar-refractivity contribution in [2.24, 2.45) is 0 Å². The average Bonchev–Trinajstić information content (AvgIpc) is 3.48. The number of carbonyl (C=O) groups is 2. The summed E-state index contributed by atoms with van der Waals surface area (Å²) in [6.07, 6.45) is 5.95. The predicted octanol–water partition coefficient (Wildman–Crippen LogP) is 7.61. The number of nitrogens with one attached hydrogen (secondary N) is 1. The first-order valence-electron chi connectivity index (χ1n) is 14.5. The van der Waals surface area contributed by atoms with Gasteiger partial charge in [-0.25, -0.2) is 4.79 Å². The number of rotatable bonds is 13. The molecule has 0 spiro atoms. The SMILES string of the molecule is CCCCCCCOc1ccc(-c2nc(-c3ccc(C(NC(=O)c4ccc(C(C)(C)C)cc4)C(=O)O)cc3)no2)cc1. The van der Waals surface area contributed by atoms with Gasteiger partial charge in [0.2, 0.25) is 5.82 Å². The van der Waals surface area contributed by atoms with E-state index in [0.29, 0.717) is 35.0 Å². The summed E-state index contributed by atoms with van der Waals surface area (Å²) in [5.74, 6) is -0.0787. The van der Waals surface area contributed by atoms with Crippen molar-refractivity contribution in [3.63, 3.8) is 0 Å². The van der Waals surface area contributed by atoms with E-state index >= 15 is 0 Å². The van der Waals surface area contributed by atoms with Gasteiger partial charge in [-0.2, -0.15) is 4.98 Å². The molecular weight excluding hydrogens is 530 g/mol. The molecule has 0 aliphatic heterocycles. The molecule has 0 fully saturated rings. The third kappa shape index (κ3) is 8.06. The van der Waals surface area contributed by atoms with Crippen molar-refractivity contribution in [1.82, 2.24) is 15.5 Å². The Balaban J connectivity index is 1.38. The van der Waals surface area contributed by atoms with Crippen molar-refractivity contribution in [1.29, 1.82) is 0 Å². The number of carbonyl (C=O) groups excluding carboxylic acids is 1. The summed E-state index contributed by atoms with van der Waals surface area (Å²) >= 11 is 0. The summed E-state index contributed by atoms with van der Waals surface area (Å²) in [4.78, 5) is 29.4. The summed E-state index contributed by atoms with van der Waals surface area (Å²) in [7, 11) is 0. The van der Waals surface area contributed by atoms with Crippen LogP contribution in [0.25, 0.3) is 22.8 Å². The van der Waals surface area contributed by atoms with Crippen molar-refractivity contribution in [3.8, 4) is 28.6 Å².